The molecule has 190 valence electrons. The summed E-state index contributed by atoms with van der Waals surface area (Å²) < 4.78 is 11.5. The number of urea groups is 1. The number of carbonyl (C=O) groups excluding carboxylic acids is 2. The lowest BCUT2D eigenvalue weighted by molar-refractivity contribution is -0.135. The van der Waals surface area contributed by atoms with Gasteiger partial charge in [-0.15, -0.1) is 0 Å². The Morgan fingerprint density at radius 3 is 2.33 bits per heavy atom. The van der Waals surface area contributed by atoms with E-state index in [1.165, 1.54) is 0 Å². The highest BCUT2D eigenvalue weighted by molar-refractivity contribution is 6.30. The van der Waals surface area contributed by atoms with Gasteiger partial charge in [-0.25, -0.2) is 4.79 Å². The summed E-state index contributed by atoms with van der Waals surface area (Å²) in [5.41, 5.74) is 2.59. The van der Waals surface area contributed by atoms with Crippen LogP contribution in [0.4, 0.5) is 10.5 Å². The predicted octanol–water partition coefficient (Wildman–Crippen LogP) is 5.73. The molecule has 7 nitrogen and oxygen atoms in total. The third-order valence-corrected chi connectivity index (χ3v) is 5.67. The Bertz CT molecular complexity index is 1140. The summed E-state index contributed by atoms with van der Waals surface area (Å²) in [5.74, 6) is 1.05. The van der Waals surface area contributed by atoms with Crippen molar-refractivity contribution in [2.45, 2.75) is 27.0 Å². The van der Waals surface area contributed by atoms with Crippen LogP contribution >= 0.6 is 11.6 Å². The summed E-state index contributed by atoms with van der Waals surface area (Å²) in [7, 11) is 1.59. The number of nitrogens with zero attached hydrogens (tertiary/aromatic N) is 1. The number of halogens is 1. The zero-order valence-electron chi connectivity index (χ0n) is 20.8. The van der Waals surface area contributed by atoms with E-state index in [-0.39, 0.29) is 17.9 Å². The molecule has 0 radical (unpaired) electrons. The molecule has 0 aromatic heterocycles. The second kappa shape index (κ2) is 13.4. The lowest BCUT2D eigenvalue weighted by Gasteiger charge is -2.25. The highest BCUT2D eigenvalue weighted by atomic mass is 35.5. The smallest absolute Gasteiger partial charge is 0.319 e. The number of carbonyl (C=O) groups is 2. The minimum Gasteiger partial charge on any atom is -0.493 e. The Balaban J connectivity index is 1.59. The minimum absolute atomic E-state index is 0.00159. The Morgan fingerprint density at radius 1 is 0.944 bits per heavy atom. The molecule has 0 aliphatic heterocycles. The molecule has 0 unspecified atom stereocenters. The van der Waals surface area contributed by atoms with Gasteiger partial charge >= 0.3 is 6.03 Å². The van der Waals surface area contributed by atoms with Crippen LogP contribution in [0.1, 0.15) is 25.0 Å². The first kappa shape index (κ1) is 26.9. The van der Waals surface area contributed by atoms with Crippen LogP contribution in [0.5, 0.6) is 11.5 Å². The van der Waals surface area contributed by atoms with E-state index in [9.17, 15) is 9.59 Å². The van der Waals surface area contributed by atoms with Crippen LogP contribution in [0.15, 0.2) is 72.8 Å². The van der Waals surface area contributed by atoms with Crippen molar-refractivity contribution in [1.82, 2.24) is 10.2 Å². The topological polar surface area (TPSA) is 79.9 Å². The molecule has 0 spiro atoms. The lowest BCUT2D eigenvalue weighted by Crippen LogP contribution is -2.41. The van der Waals surface area contributed by atoms with Gasteiger partial charge in [0.1, 0.15) is 6.61 Å². The van der Waals surface area contributed by atoms with Crippen LogP contribution in [0.2, 0.25) is 5.02 Å². The maximum absolute atomic E-state index is 12.9. The molecule has 0 bridgehead atoms. The average molecular weight is 510 g/mol. The monoisotopic (exact) mass is 509 g/mol. The second-order valence-electron chi connectivity index (χ2n) is 8.56. The third kappa shape index (κ3) is 8.20. The molecule has 0 fully saturated rings. The predicted molar refractivity (Wildman–Crippen MR) is 142 cm³/mol. The van der Waals surface area contributed by atoms with E-state index in [0.29, 0.717) is 48.5 Å². The van der Waals surface area contributed by atoms with Gasteiger partial charge in [-0.1, -0.05) is 61.8 Å². The van der Waals surface area contributed by atoms with Gasteiger partial charge in [0.05, 0.1) is 7.11 Å². The Hall–Kier alpha value is -3.71. The second-order valence-corrected chi connectivity index (χ2v) is 9.00. The van der Waals surface area contributed by atoms with E-state index >= 15 is 0 Å². The number of rotatable bonds is 11. The van der Waals surface area contributed by atoms with Gasteiger partial charge in [-0.3, -0.25) is 4.79 Å². The summed E-state index contributed by atoms with van der Waals surface area (Å²) in [6.07, 6.45) is 0. The molecule has 36 heavy (non-hydrogen) atoms. The average Bonchev–Trinajstić information content (AvgIpc) is 2.88. The van der Waals surface area contributed by atoms with E-state index in [4.69, 9.17) is 21.1 Å². The van der Waals surface area contributed by atoms with Crippen LogP contribution in [0.25, 0.3) is 0 Å². The van der Waals surface area contributed by atoms with Crippen molar-refractivity contribution in [1.29, 1.82) is 0 Å². The molecule has 2 N–H and O–H groups in total. The maximum atomic E-state index is 12.9. The van der Waals surface area contributed by atoms with Crippen molar-refractivity contribution in [2.24, 2.45) is 5.92 Å². The van der Waals surface area contributed by atoms with Crippen molar-refractivity contribution in [3.05, 3.63) is 88.9 Å². The van der Waals surface area contributed by atoms with Gasteiger partial charge in [0.2, 0.25) is 5.91 Å². The van der Waals surface area contributed by atoms with Gasteiger partial charge in [0.15, 0.2) is 11.5 Å². The number of benzene rings is 3. The van der Waals surface area contributed by atoms with Gasteiger partial charge in [0, 0.05) is 36.3 Å². The lowest BCUT2D eigenvalue weighted by atomic mass is 10.1. The van der Waals surface area contributed by atoms with Crippen LogP contribution in [0, 0.1) is 5.92 Å². The molecule has 3 aromatic carbocycles. The normalized spacial score (nSPS) is 10.6. The van der Waals surface area contributed by atoms with E-state index < -0.39 is 0 Å². The molecule has 0 atom stereocenters. The van der Waals surface area contributed by atoms with Crippen molar-refractivity contribution >= 4 is 29.2 Å². The fourth-order valence-corrected chi connectivity index (χ4v) is 3.66. The number of nitrogens with one attached hydrogen (secondary N) is 2. The highest BCUT2D eigenvalue weighted by Crippen LogP contribution is 2.29. The van der Waals surface area contributed by atoms with Gasteiger partial charge < -0.3 is 25.0 Å². The third-order valence-electron chi connectivity index (χ3n) is 5.41. The standard InChI is InChI=1S/C28H32ClN3O4/c1-20(2)27(33)32(16-15-30-28(34)31-24-12-10-23(29)11-13-24)18-22-9-14-25(26(17-22)35-3)36-19-21-7-5-4-6-8-21/h4-14,17,20H,15-16,18-19H2,1-3H3,(H2,30,31,34). The largest absolute Gasteiger partial charge is 0.493 e. The van der Waals surface area contributed by atoms with Gasteiger partial charge in [0.25, 0.3) is 0 Å². The van der Waals surface area contributed by atoms with E-state index in [0.717, 1.165) is 11.1 Å². The van der Waals surface area contributed by atoms with Crippen molar-refractivity contribution in [3.63, 3.8) is 0 Å². The molecule has 0 saturated carbocycles. The molecular weight excluding hydrogens is 478 g/mol. The van der Waals surface area contributed by atoms with Crippen LogP contribution in [-0.4, -0.2) is 37.0 Å². The summed E-state index contributed by atoms with van der Waals surface area (Å²) in [6.45, 7) is 5.19. The number of amides is 3. The number of hydrogen-bond acceptors (Lipinski definition) is 4. The van der Waals surface area contributed by atoms with E-state index in [2.05, 4.69) is 10.6 Å². The number of hydrogen-bond donors (Lipinski definition) is 2. The summed E-state index contributed by atoms with van der Waals surface area (Å²) >= 11 is 5.88. The quantitative estimate of drug-likeness (QED) is 0.346. The van der Waals surface area contributed by atoms with Gasteiger partial charge in [-0.05, 0) is 47.5 Å². The number of ether oxygens (including phenoxy) is 2. The Morgan fingerprint density at radius 2 is 1.67 bits per heavy atom. The molecule has 0 aliphatic carbocycles. The van der Waals surface area contributed by atoms with Crippen molar-refractivity contribution < 1.29 is 19.1 Å². The number of methoxy groups -OCH3 is 1. The van der Waals surface area contributed by atoms with Crippen molar-refractivity contribution in [3.8, 4) is 11.5 Å². The fourth-order valence-electron chi connectivity index (χ4n) is 3.53. The van der Waals surface area contributed by atoms with Crippen LogP contribution in [0.3, 0.4) is 0 Å². The van der Waals surface area contributed by atoms with Gasteiger partial charge in [-0.2, -0.15) is 0 Å². The molecular formula is C28H32ClN3O4. The van der Waals surface area contributed by atoms with E-state index in [1.807, 2.05) is 62.4 Å². The first-order valence-corrected chi connectivity index (χ1v) is 12.2. The summed E-state index contributed by atoms with van der Waals surface area (Å²) in [5, 5.41) is 6.14. The zero-order chi connectivity index (χ0) is 25.9. The molecule has 3 rings (SSSR count). The molecule has 0 aliphatic rings. The molecule has 8 heteroatoms. The zero-order valence-corrected chi connectivity index (χ0v) is 21.5. The summed E-state index contributed by atoms with van der Waals surface area (Å²) in [4.78, 5) is 26.8. The van der Waals surface area contributed by atoms with Crippen LogP contribution < -0.4 is 20.1 Å². The molecule has 3 amide bonds. The first-order valence-electron chi connectivity index (χ1n) is 11.8. The Labute approximate surface area is 217 Å². The number of anilines is 1. The van der Waals surface area contributed by atoms with Crippen molar-refractivity contribution in [2.75, 3.05) is 25.5 Å². The molecule has 0 saturated heterocycles. The first-order chi connectivity index (χ1) is 17.4. The summed E-state index contributed by atoms with van der Waals surface area (Å²) in [6, 6.07) is 22.0. The maximum Gasteiger partial charge on any atom is 0.319 e. The minimum atomic E-state index is -0.351. The van der Waals surface area contributed by atoms with E-state index in [1.54, 1.807) is 36.3 Å². The molecule has 3 aromatic rings. The van der Waals surface area contributed by atoms with Crippen LogP contribution in [-0.2, 0) is 17.9 Å². The molecule has 0 heterocycles. The highest BCUT2D eigenvalue weighted by Gasteiger charge is 2.18. The Kier molecular flexibility index (Phi) is 10.0. The SMILES string of the molecule is COc1cc(CN(CCNC(=O)Nc2ccc(Cl)cc2)C(=O)C(C)C)ccc1OCc1ccccc1. The fraction of sp³-hybridized carbons (Fsp3) is 0.286.